The third kappa shape index (κ3) is 2.76. The van der Waals surface area contributed by atoms with Crippen LogP contribution >= 0.6 is 0 Å². The molecule has 1 atom stereocenters. The van der Waals surface area contributed by atoms with Crippen LogP contribution in [0.25, 0.3) is 10.9 Å². The summed E-state index contributed by atoms with van der Waals surface area (Å²) in [5, 5.41) is 9.89. The Bertz CT molecular complexity index is 618. The van der Waals surface area contributed by atoms with Gasteiger partial charge in [0.2, 0.25) is 0 Å². The molecule has 5 nitrogen and oxygen atoms in total. The number of carboxylic acids is 1. The first-order chi connectivity index (χ1) is 8.99. The zero-order chi connectivity index (χ0) is 14.0. The van der Waals surface area contributed by atoms with Crippen molar-refractivity contribution in [2.24, 2.45) is 5.92 Å². The first-order valence-corrected chi connectivity index (χ1v) is 6.04. The molecule has 0 spiro atoms. The van der Waals surface area contributed by atoms with E-state index in [-0.39, 0.29) is 12.5 Å². The predicted octanol–water partition coefficient (Wildman–Crippen LogP) is 1.96. The maximum absolute atomic E-state index is 12.2. The topological polar surface area (TPSA) is 73.4 Å². The van der Waals surface area contributed by atoms with Crippen LogP contribution in [0.1, 0.15) is 17.3 Å². The number of carbonyl (C=O) groups is 2. The van der Waals surface area contributed by atoms with E-state index in [0.717, 1.165) is 10.9 Å². The summed E-state index contributed by atoms with van der Waals surface area (Å²) in [5.74, 6) is -1.66. The third-order valence-corrected chi connectivity index (χ3v) is 3.12. The van der Waals surface area contributed by atoms with Crippen LogP contribution in [0.4, 0.5) is 0 Å². The van der Waals surface area contributed by atoms with Crippen molar-refractivity contribution in [3.05, 3.63) is 36.0 Å². The van der Waals surface area contributed by atoms with E-state index in [0.29, 0.717) is 5.56 Å². The second kappa shape index (κ2) is 5.14. The van der Waals surface area contributed by atoms with Crippen LogP contribution < -0.4 is 0 Å². The summed E-state index contributed by atoms with van der Waals surface area (Å²) in [5.41, 5.74) is 1.44. The van der Waals surface area contributed by atoms with Gasteiger partial charge in [-0.15, -0.1) is 0 Å². The minimum atomic E-state index is -0.903. The molecule has 0 aliphatic heterocycles. The van der Waals surface area contributed by atoms with E-state index in [2.05, 4.69) is 4.98 Å². The summed E-state index contributed by atoms with van der Waals surface area (Å²) in [6.45, 7) is 1.78. The number of fused-ring (bicyclic) bond motifs is 1. The molecule has 5 heteroatoms. The van der Waals surface area contributed by atoms with Gasteiger partial charge < -0.3 is 15.0 Å². The lowest BCUT2D eigenvalue weighted by Crippen LogP contribution is -2.33. The highest BCUT2D eigenvalue weighted by molar-refractivity contribution is 5.97. The lowest BCUT2D eigenvalue weighted by atomic mass is 10.1. The Kier molecular flexibility index (Phi) is 3.55. The van der Waals surface area contributed by atoms with Gasteiger partial charge in [0.15, 0.2) is 0 Å². The Balaban J connectivity index is 2.16. The number of nitrogens with zero attached hydrogens (tertiary/aromatic N) is 1. The Labute approximate surface area is 110 Å². The number of benzene rings is 1. The third-order valence-electron chi connectivity index (χ3n) is 3.12. The quantitative estimate of drug-likeness (QED) is 0.882. The van der Waals surface area contributed by atoms with Crippen LogP contribution in [-0.2, 0) is 4.79 Å². The smallest absolute Gasteiger partial charge is 0.308 e. The molecule has 19 heavy (non-hydrogen) atoms. The number of aromatic nitrogens is 1. The van der Waals surface area contributed by atoms with Crippen molar-refractivity contribution in [3.63, 3.8) is 0 Å². The maximum Gasteiger partial charge on any atom is 0.308 e. The SMILES string of the molecule is CC(CN(C)C(=O)c1ccc2cc[nH]c2c1)C(=O)O. The summed E-state index contributed by atoms with van der Waals surface area (Å²) in [6.07, 6.45) is 1.81. The Morgan fingerprint density at radius 2 is 2.11 bits per heavy atom. The Morgan fingerprint density at radius 3 is 2.79 bits per heavy atom. The molecule has 0 aliphatic rings. The zero-order valence-electron chi connectivity index (χ0n) is 10.9. The molecule has 1 aromatic heterocycles. The molecule has 1 aromatic carbocycles. The number of amides is 1. The van der Waals surface area contributed by atoms with Gasteiger partial charge in [-0.3, -0.25) is 9.59 Å². The summed E-state index contributed by atoms with van der Waals surface area (Å²) in [6, 6.07) is 7.33. The average molecular weight is 260 g/mol. The first kappa shape index (κ1) is 13.1. The van der Waals surface area contributed by atoms with E-state index in [1.54, 1.807) is 26.1 Å². The van der Waals surface area contributed by atoms with Gasteiger partial charge in [0, 0.05) is 30.9 Å². The number of nitrogens with one attached hydrogen (secondary N) is 1. The van der Waals surface area contributed by atoms with E-state index in [9.17, 15) is 9.59 Å². The van der Waals surface area contributed by atoms with E-state index in [4.69, 9.17) is 5.11 Å². The molecule has 2 rings (SSSR count). The fraction of sp³-hybridized carbons (Fsp3) is 0.286. The summed E-state index contributed by atoms with van der Waals surface area (Å²) in [7, 11) is 1.61. The van der Waals surface area contributed by atoms with Crippen molar-refractivity contribution in [1.82, 2.24) is 9.88 Å². The number of aliphatic carboxylic acids is 1. The van der Waals surface area contributed by atoms with Gasteiger partial charge in [-0.25, -0.2) is 0 Å². The fourth-order valence-corrected chi connectivity index (χ4v) is 1.97. The number of carbonyl (C=O) groups excluding carboxylic acids is 1. The summed E-state index contributed by atoms with van der Waals surface area (Å²) >= 11 is 0. The molecule has 0 saturated carbocycles. The maximum atomic E-state index is 12.2. The highest BCUT2D eigenvalue weighted by atomic mass is 16.4. The highest BCUT2D eigenvalue weighted by Gasteiger charge is 2.18. The molecule has 0 radical (unpaired) electrons. The molecule has 1 amide bonds. The minimum Gasteiger partial charge on any atom is -0.481 e. The molecule has 0 saturated heterocycles. The van der Waals surface area contributed by atoms with E-state index in [1.165, 1.54) is 4.90 Å². The van der Waals surface area contributed by atoms with Crippen LogP contribution in [0.2, 0.25) is 0 Å². The lowest BCUT2D eigenvalue weighted by Gasteiger charge is -2.19. The van der Waals surface area contributed by atoms with Gasteiger partial charge in [-0.1, -0.05) is 13.0 Å². The van der Waals surface area contributed by atoms with Gasteiger partial charge in [0.05, 0.1) is 5.92 Å². The number of rotatable bonds is 4. The number of hydrogen-bond donors (Lipinski definition) is 2. The second-order valence-electron chi connectivity index (χ2n) is 4.70. The fourth-order valence-electron chi connectivity index (χ4n) is 1.97. The Hall–Kier alpha value is -2.30. The first-order valence-electron chi connectivity index (χ1n) is 6.04. The number of H-pyrrole nitrogens is 1. The highest BCUT2D eigenvalue weighted by Crippen LogP contribution is 2.15. The van der Waals surface area contributed by atoms with Crippen LogP contribution in [-0.4, -0.2) is 40.5 Å². The largest absolute Gasteiger partial charge is 0.481 e. The Morgan fingerprint density at radius 1 is 1.37 bits per heavy atom. The summed E-state index contributed by atoms with van der Waals surface area (Å²) < 4.78 is 0. The molecule has 2 aromatic rings. The van der Waals surface area contributed by atoms with Gasteiger partial charge in [0.1, 0.15) is 0 Å². The van der Waals surface area contributed by atoms with E-state index < -0.39 is 11.9 Å². The van der Waals surface area contributed by atoms with Crippen LogP contribution in [0.3, 0.4) is 0 Å². The van der Waals surface area contributed by atoms with E-state index in [1.807, 2.05) is 18.3 Å². The molecule has 0 aliphatic carbocycles. The molecule has 100 valence electrons. The van der Waals surface area contributed by atoms with Crippen LogP contribution in [0, 0.1) is 5.92 Å². The number of carboxylic acid groups (broad SMARTS) is 1. The van der Waals surface area contributed by atoms with Crippen molar-refractivity contribution in [2.75, 3.05) is 13.6 Å². The minimum absolute atomic E-state index is 0.176. The molecule has 2 N–H and O–H groups in total. The number of aromatic amines is 1. The molecule has 0 fully saturated rings. The second-order valence-corrected chi connectivity index (χ2v) is 4.70. The van der Waals surface area contributed by atoms with Crippen LogP contribution in [0.5, 0.6) is 0 Å². The summed E-state index contributed by atoms with van der Waals surface area (Å²) in [4.78, 5) is 27.5. The van der Waals surface area contributed by atoms with Crippen molar-refractivity contribution < 1.29 is 14.7 Å². The molecule has 1 heterocycles. The average Bonchev–Trinajstić information content (AvgIpc) is 2.84. The molecular formula is C14H16N2O3. The van der Waals surface area contributed by atoms with Crippen molar-refractivity contribution in [2.45, 2.75) is 6.92 Å². The monoisotopic (exact) mass is 260 g/mol. The molecule has 1 unspecified atom stereocenters. The number of hydrogen-bond acceptors (Lipinski definition) is 2. The van der Waals surface area contributed by atoms with Gasteiger partial charge in [-0.05, 0) is 23.6 Å². The van der Waals surface area contributed by atoms with Crippen LogP contribution in [0.15, 0.2) is 30.5 Å². The molecular weight excluding hydrogens is 244 g/mol. The van der Waals surface area contributed by atoms with E-state index >= 15 is 0 Å². The normalized spacial score (nSPS) is 12.3. The van der Waals surface area contributed by atoms with Gasteiger partial charge >= 0.3 is 5.97 Å². The van der Waals surface area contributed by atoms with Crippen molar-refractivity contribution in [1.29, 1.82) is 0 Å². The molecule has 0 bridgehead atoms. The van der Waals surface area contributed by atoms with Crippen molar-refractivity contribution in [3.8, 4) is 0 Å². The van der Waals surface area contributed by atoms with Gasteiger partial charge in [0.25, 0.3) is 5.91 Å². The lowest BCUT2D eigenvalue weighted by molar-refractivity contribution is -0.141. The standard InChI is InChI=1S/C14H16N2O3/c1-9(14(18)19)8-16(2)13(17)11-4-3-10-5-6-15-12(10)7-11/h3-7,9,15H,8H2,1-2H3,(H,18,19). The van der Waals surface area contributed by atoms with Gasteiger partial charge in [-0.2, -0.15) is 0 Å². The van der Waals surface area contributed by atoms with Crippen molar-refractivity contribution >= 4 is 22.8 Å². The predicted molar refractivity (Wildman–Crippen MR) is 72.1 cm³/mol. The zero-order valence-corrected chi connectivity index (χ0v) is 10.9.